The van der Waals surface area contributed by atoms with Gasteiger partial charge in [-0.3, -0.25) is 4.90 Å². The molecule has 21 heavy (non-hydrogen) atoms. The highest BCUT2D eigenvalue weighted by molar-refractivity contribution is 5.47. The first-order valence-electron chi connectivity index (χ1n) is 6.81. The molecule has 2 rings (SSSR count). The molecule has 0 aromatic carbocycles. The van der Waals surface area contributed by atoms with Crippen molar-refractivity contribution >= 4 is 11.6 Å². The molecule has 9 heteroatoms. The van der Waals surface area contributed by atoms with Crippen molar-refractivity contribution in [1.82, 2.24) is 14.9 Å². The number of rotatable bonds is 5. The van der Waals surface area contributed by atoms with Crippen LogP contribution < -0.4 is 16.6 Å². The van der Waals surface area contributed by atoms with E-state index in [-0.39, 0.29) is 17.7 Å². The summed E-state index contributed by atoms with van der Waals surface area (Å²) in [6, 6.07) is 1.58. The predicted molar refractivity (Wildman–Crippen MR) is 73.6 cm³/mol. The van der Waals surface area contributed by atoms with E-state index in [1.807, 2.05) is 6.92 Å². The molecule has 118 valence electrons. The summed E-state index contributed by atoms with van der Waals surface area (Å²) in [7, 11) is 0. The van der Waals surface area contributed by atoms with Gasteiger partial charge in [0.05, 0.1) is 0 Å². The first-order chi connectivity index (χ1) is 9.90. The molecule has 1 atom stereocenters. The molecule has 1 aromatic heterocycles. The number of likely N-dealkylation sites (tertiary alicyclic amines) is 1. The monoisotopic (exact) mass is 304 g/mol. The van der Waals surface area contributed by atoms with Crippen LogP contribution >= 0.6 is 0 Å². The van der Waals surface area contributed by atoms with Gasteiger partial charge in [0.2, 0.25) is 5.82 Å². The summed E-state index contributed by atoms with van der Waals surface area (Å²) in [6.45, 7) is 4.59. The van der Waals surface area contributed by atoms with E-state index < -0.39 is 12.0 Å². The lowest BCUT2D eigenvalue weighted by Crippen LogP contribution is -2.35. The molecule has 0 spiro atoms. The fourth-order valence-electron chi connectivity index (χ4n) is 2.30. The van der Waals surface area contributed by atoms with Gasteiger partial charge in [-0.05, 0) is 32.9 Å². The minimum atomic E-state index is -4.61. The van der Waals surface area contributed by atoms with Crippen LogP contribution in [0.3, 0.4) is 0 Å². The second kappa shape index (κ2) is 6.44. The van der Waals surface area contributed by atoms with Crippen molar-refractivity contribution in [2.75, 3.05) is 30.4 Å². The standard InChI is InChI=1S/C12H19F3N6/c1-8(21-4-2-3-5-21)7-17-9-6-10(20-16)19-11(18-9)12(13,14)15/h6,8H,2-5,7,16H2,1H3,(H2,17,18,19,20). The van der Waals surface area contributed by atoms with Crippen molar-refractivity contribution in [3.63, 3.8) is 0 Å². The topological polar surface area (TPSA) is 79.1 Å². The Morgan fingerprint density at radius 1 is 1.29 bits per heavy atom. The van der Waals surface area contributed by atoms with Crippen molar-refractivity contribution in [1.29, 1.82) is 0 Å². The van der Waals surface area contributed by atoms with Crippen LogP contribution in [0.5, 0.6) is 0 Å². The zero-order chi connectivity index (χ0) is 15.5. The van der Waals surface area contributed by atoms with Crippen molar-refractivity contribution in [3.05, 3.63) is 11.9 Å². The minimum absolute atomic E-state index is 0.0753. The number of hydrogen-bond donors (Lipinski definition) is 3. The molecule has 1 saturated heterocycles. The van der Waals surface area contributed by atoms with Crippen LogP contribution in [0.2, 0.25) is 0 Å². The number of nitrogens with two attached hydrogens (primary N) is 1. The van der Waals surface area contributed by atoms with E-state index in [1.54, 1.807) is 0 Å². The quantitative estimate of drug-likeness (QED) is 0.567. The number of nitrogens with one attached hydrogen (secondary N) is 2. The molecule has 0 bridgehead atoms. The highest BCUT2D eigenvalue weighted by atomic mass is 19.4. The molecule has 4 N–H and O–H groups in total. The highest BCUT2D eigenvalue weighted by Crippen LogP contribution is 2.28. The number of nitrogen functional groups attached to an aromatic ring is 1. The Balaban J connectivity index is 2.04. The first kappa shape index (κ1) is 15.8. The summed E-state index contributed by atoms with van der Waals surface area (Å²) in [5.41, 5.74) is 2.12. The third-order valence-electron chi connectivity index (χ3n) is 3.47. The third-order valence-corrected chi connectivity index (χ3v) is 3.47. The molecule has 0 radical (unpaired) electrons. The maximum atomic E-state index is 12.7. The number of hydrogen-bond acceptors (Lipinski definition) is 6. The lowest BCUT2D eigenvalue weighted by atomic mass is 10.3. The highest BCUT2D eigenvalue weighted by Gasteiger charge is 2.35. The molecule has 1 aliphatic rings. The van der Waals surface area contributed by atoms with E-state index in [9.17, 15) is 13.2 Å². The van der Waals surface area contributed by atoms with E-state index in [0.717, 1.165) is 25.9 Å². The van der Waals surface area contributed by atoms with Gasteiger partial charge in [-0.15, -0.1) is 0 Å². The van der Waals surface area contributed by atoms with Crippen molar-refractivity contribution in [2.24, 2.45) is 5.84 Å². The Morgan fingerprint density at radius 2 is 1.90 bits per heavy atom. The Morgan fingerprint density at radius 3 is 2.48 bits per heavy atom. The molecule has 0 amide bonds. The molecular weight excluding hydrogens is 285 g/mol. The zero-order valence-electron chi connectivity index (χ0n) is 11.7. The average Bonchev–Trinajstić information content (AvgIpc) is 2.97. The summed E-state index contributed by atoms with van der Waals surface area (Å²) in [5, 5.41) is 2.92. The van der Waals surface area contributed by atoms with Gasteiger partial charge >= 0.3 is 6.18 Å². The van der Waals surface area contributed by atoms with Crippen LogP contribution in [0.15, 0.2) is 6.07 Å². The van der Waals surface area contributed by atoms with E-state index in [1.165, 1.54) is 6.07 Å². The lowest BCUT2D eigenvalue weighted by molar-refractivity contribution is -0.144. The Hall–Kier alpha value is -1.61. The Labute approximate surface area is 120 Å². The predicted octanol–water partition coefficient (Wildman–Crippen LogP) is 1.68. The molecule has 1 aromatic rings. The molecule has 1 aliphatic heterocycles. The zero-order valence-corrected chi connectivity index (χ0v) is 11.7. The lowest BCUT2D eigenvalue weighted by Gasteiger charge is -2.24. The summed E-state index contributed by atoms with van der Waals surface area (Å²) in [4.78, 5) is 9.09. The van der Waals surface area contributed by atoms with Crippen molar-refractivity contribution in [3.8, 4) is 0 Å². The van der Waals surface area contributed by atoms with E-state index >= 15 is 0 Å². The van der Waals surface area contributed by atoms with Gasteiger partial charge in [0.25, 0.3) is 0 Å². The van der Waals surface area contributed by atoms with E-state index in [0.29, 0.717) is 6.54 Å². The number of anilines is 2. The van der Waals surface area contributed by atoms with E-state index in [2.05, 4.69) is 25.6 Å². The average molecular weight is 304 g/mol. The molecule has 2 heterocycles. The maximum Gasteiger partial charge on any atom is 0.451 e. The van der Waals surface area contributed by atoms with Crippen molar-refractivity contribution < 1.29 is 13.2 Å². The van der Waals surface area contributed by atoms with Crippen LogP contribution in [0.25, 0.3) is 0 Å². The summed E-state index contributed by atoms with van der Waals surface area (Å²) in [5.74, 6) is 3.96. The smallest absolute Gasteiger partial charge is 0.368 e. The van der Waals surface area contributed by atoms with Gasteiger partial charge in [-0.1, -0.05) is 0 Å². The Bertz CT molecular complexity index is 473. The molecule has 6 nitrogen and oxygen atoms in total. The second-order valence-corrected chi connectivity index (χ2v) is 5.08. The normalized spacial score (nSPS) is 17.8. The second-order valence-electron chi connectivity index (χ2n) is 5.08. The molecular formula is C12H19F3N6. The van der Waals surface area contributed by atoms with Gasteiger partial charge in [0.15, 0.2) is 0 Å². The molecule has 1 unspecified atom stereocenters. The van der Waals surface area contributed by atoms with Crippen LogP contribution in [0.4, 0.5) is 24.8 Å². The number of hydrazine groups is 1. The number of nitrogens with zero attached hydrogens (tertiary/aromatic N) is 3. The molecule has 1 fully saturated rings. The molecule has 0 saturated carbocycles. The number of aromatic nitrogens is 2. The van der Waals surface area contributed by atoms with Crippen LogP contribution in [-0.4, -0.2) is 40.5 Å². The Kier molecular flexibility index (Phi) is 4.84. The first-order valence-corrected chi connectivity index (χ1v) is 6.81. The SMILES string of the molecule is CC(CNc1cc(NN)nc(C(F)(F)F)n1)N1CCCC1. The fraction of sp³-hybridized carbons (Fsp3) is 0.667. The van der Waals surface area contributed by atoms with Crippen molar-refractivity contribution in [2.45, 2.75) is 32.0 Å². The largest absolute Gasteiger partial charge is 0.451 e. The van der Waals surface area contributed by atoms with Gasteiger partial charge in [-0.25, -0.2) is 15.8 Å². The third kappa shape index (κ3) is 4.18. The van der Waals surface area contributed by atoms with Gasteiger partial charge in [-0.2, -0.15) is 13.2 Å². The van der Waals surface area contributed by atoms with Crippen LogP contribution in [0.1, 0.15) is 25.6 Å². The van der Waals surface area contributed by atoms with Gasteiger partial charge in [0.1, 0.15) is 11.6 Å². The summed E-state index contributed by atoms with van der Waals surface area (Å²) in [6.07, 6.45) is -2.28. The van der Waals surface area contributed by atoms with Gasteiger partial charge < -0.3 is 10.7 Å². The number of halogens is 3. The minimum Gasteiger partial charge on any atom is -0.368 e. The maximum absolute atomic E-state index is 12.7. The fourth-order valence-corrected chi connectivity index (χ4v) is 2.30. The van der Waals surface area contributed by atoms with Crippen LogP contribution in [0, 0.1) is 0 Å². The summed E-state index contributed by atoms with van der Waals surface area (Å²) >= 11 is 0. The van der Waals surface area contributed by atoms with Crippen LogP contribution in [-0.2, 0) is 6.18 Å². The van der Waals surface area contributed by atoms with Gasteiger partial charge in [0, 0.05) is 18.7 Å². The number of alkyl halides is 3. The molecule has 0 aliphatic carbocycles. The summed E-state index contributed by atoms with van der Waals surface area (Å²) < 4.78 is 38.1. The van der Waals surface area contributed by atoms with E-state index in [4.69, 9.17) is 5.84 Å².